The van der Waals surface area contributed by atoms with Gasteiger partial charge in [-0.05, 0) is 94.3 Å². The lowest BCUT2D eigenvalue weighted by Gasteiger charge is -2.35. The number of hydrogen-bond acceptors (Lipinski definition) is 8. The van der Waals surface area contributed by atoms with Crippen molar-refractivity contribution in [2.45, 2.75) is 75.5 Å². The zero-order chi connectivity index (χ0) is 29.0. The van der Waals surface area contributed by atoms with Crippen LogP contribution in [0, 0.1) is 5.92 Å². The van der Waals surface area contributed by atoms with Crippen molar-refractivity contribution in [2.75, 3.05) is 24.7 Å². The van der Waals surface area contributed by atoms with Crippen LogP contribution in [0.1, 0.15) is 63.6 Å². The minimum absolute atomic E-state index is 0.00503. The number of aromatic nitrogens is 2. The van der Waals surface area contributed by atoms with E-state index in [9.17, 15) is 9.59 Å². The Morgan fingerprint density at radius 1 is 1.15 bits per heavy atom. The summed E-state index contributed by atoms with van der Waals surface area (Å²) in [5.74, 6) is 2.36. The Balaban J connectivity index is 1.27. The van der Waals surface area contributed by atoms with Gasteiger partial charge in [0.15, 0.2) is 0 Å². The molecule has 1 aromatic carbocycles. The monoisotopic (exact) mass is 577 g/mol. The molecule has 0 radical (unpaired) electrons. The summed E-state index contributed by atoms with van der Waals surface area (Å²) in [5, 5.41) is 10.6. The number of fused-ring (bicyclic) bond motifs is 2. The molecule has 3 aromatic rings. The first-order chi connectivity index (χ1) is 19.7. The summed E-state index contributed by atoms with van der Waals surface area (Å²) in [5.41, 5.74) is 2.44. The van der Waals surface area contributed by atoms with Crippen LogP contribution in [0.4, 0.5) is 10.6 Å². The Hall–Kier alpha value is -3.37. The zero-order valence-corrected chi connectivity index (χ0v) is 25.0. The second-order valence-corrected chi connectivity index (χ2v) is 12.8. The average Bonchev–Trinajstić information content (AvgIpc) is 2.95. The minimum atomic E-state index is -0.558. The number of hydrogen-bond donors (Lipinski definition) is 3. The number of alkyl carbamates (subject to hydrolysis) is 1. The van der Waals surface area contributed by atoms with E-state index in [1.54, 1.807) is 7.11 Å². The maximum atomic E-state index is 12.6. The number of carbonyl (C=O) groups is 2. The first-order valence-electron chi connectivity index (χ1n) is 14.2. The van der Waals surface area contributed by atoms with E-state index in [2.05, 4.69) is 32.0 Å². The molecule has 1 atom stereocenters. The van der Waals surface area contributed by atoms with Gasteiger partial charge < -0.3 is 25.4 Å². The highest BCUT2D eigenvalue weighted by atomic mass is 32.2. The molecule has 0 unspecified atom stereocenters. The molecule has 2 aromatic heterocycles. The molecule has 2 amide bonds. The van der Waals surface area contributed by atoms with E-state index < -0.39 is 11.7 Å². The molecule has 0 bridgehead atoms. The number of anilines is 1. The molecule has 9 nitrogen and oxygen atoms in total. The van der Waals surface area contributed by atoms with Gasteiger partial charge in [0.25, 0.3) is 0 Å². The molecule has 1 aliphatic heterocycles. The van der Waals surface area contributed by atoms with Crippen LogP contribution in [-0.4, -0.2) is 53.0 Å². The second-order valence-electron chi connectivity index (χ2n) is 11.8. The molecule has 1 saturated carbocycles. The van der Waals surface area contributed by atoms with Crippen LogP contribution in [0.5, 0.6) is 5.75 Å². The largest absolute Gasteiger partial charge is 0.497 e. The highest BCUT2D eigenvalue weighted by molar-refractivity contribution is 8.00. The molecular weight excluding hydrogens is 538 g/mol. The fraction of sp³-hybridized carbons (Fsp3) is 0.484. The smallest absolute Gasteiger partial charge is 0.407 e. The van der Waals surface area contributed by atoms with E-state index in [-0.39, 0.29) is 11.8 Å². The summed E-state index contributed by atoms with van der Waals surface area (Å²) in [6, 6.07) is 12.5. The maximum Gasteiger partial charge on any atom is 0.407 e. The lowest BCUT2D eigenvalue weighted by molar-refractivity contribution is -0.113. The van der Waals surface area contributed by atoms with Gasteiger partial charge in [0.2, 0.25) is 5.91 Å². The van der Waals surface area contributed by atoms with Crippen LogP contribution >= 0.6 is 11.8 Å². The predicted molar refractivity (Wildman–Crippen MR) is 161 cm³/mol. The van der Waals surface area contributed by atoms with Crippen molar-refractivity contribution >= 4 is 40.5 Å². The molecule has 3 heterocycles. The lowest BCUT2D eigenvalue weighted by atomic mass is 9.74. The SMILES string of the molecule is COc1ccc2nccc([C@@H](CNC(=O)OC(C)(C)C)C3CCC(NCc4ccc5c(n4)NC(=O)CS5)CC3)c2c1. The highest BCUT2D eigenvalue weighted by Gasteiger charge is 2.31. The number of methoxy groups -OCH3 is 1. The van der Waals surface area contributed by atoms with Gasteiger partial charge in [-0.1, -0.05) is 0 Å². The Bertz CT molecular complexity index is 1400. The number of ether oxygens (including phenoxy) is 2. The molecule has 0 spiro atoms. The number of nitrogens with one attached hydrogen (secondary N) is 3. The van der Waals surface area contributed by atoms with Crippen LogP contribution in [0.25, 0.3) is 10.9 Å². The van der Waals surface area contributed by atoms with Crippen molar-refractivity contribution in [3.63, 3.8) is 0 Å². The van der Waals surface area contributed by atoms with Crippen LogP contribution in [-0.2, 0) is 16.1 Å². The average molecular weight is 578 g/mol. The van der Waals surface area contributed by atoms with E-state index >= 15 is 0 Å². The maximum absolute atomic E-state index is 12.6. The second kappa shape index (κ2) is 12.7. The normalized spacial score (nSPS) is 19.7. The van der Waals surface area contributed by atoms with Crippen LogP contribution in [0.2, 0.25) is 0 Å². The Morgan fingerprint density at radius 2 is 1.95 bits per heavy atom. The van der Waals surface area contributed by atoms with Crippen molar-refractivity contribution in [1.82, 2.24) is 20.6 Å². The number of carbonyl (C=O) groups excluding carboxylic acids is 2. The lowest BCUT2D eigenvalue weighted by Crippen LogP contribution is -2.39. The van der Waals surface area contributed by atoms with Gasteiger partial charge >= 0.3 is 6.09 Å². The van der Waals surface area contributed by atoms with Crippen molar-refractivity contribution in [1.29, 1.82) is 0 Å². The van der Waals surface area contributed by atoms with E-state index in [4.69, 9.17) is 9.47 Å². The molecule has 1 fully saturated rings. The fourth-order valence-corrected chi connectivity index (χ4v) is 6.47. The molecule has 2 aliphatic rings. The van der Waals surface area contributed by atoms with E-state index in [0.29, 0.717) is 36.6 Å². The van der Waals surface area contributed by atoms with Gasteiger partial charge in [0.1, 0.15) is 17.2 Å². The number of pyridine rings is 2. The third-order valence-electron chi connectivity index (χ3n) is 7.69. The molecule has 3 N–H and O–H groups in total. The third kappa shape index (κ3) is 7.48. The topological polar surface area (TPSA) is 114 Å². The summed E-state index contributed by atoms with van der Waals surface area (Å²) in [7, 11) is 1.67. The van der Waals surface area contributed by atoms with E-state index in [1.807, 2.05) is 57.3 Å². The third-order valence-corrected chi connectivity index (χ3v) is 8.74. The zero-order valence-electron chi connectivity index (χ0n) is 24.2. The molecule has 10 heteroatoms. The van der Waals surface area contributed by atoms with Crippen molar-refractivity contribution in [3.05, 3.63) is 53.9 Å². The molecule has 0 saturated heterocycles. The predicted octanol–water partition coefficient (Wildman–Crippen LogP) is 5.64. The summed E-state index contributed by atoms with van der Waals surface area (Å²) in [6.07, 6.45) is 5.55. The van der Waals surface area contributed by atoms with Gasteiger partial charge in [-0.2, -0.15) is 0 Å². The van der Waals surface area contributed by atoms with E-state index in [1.165, 1.54) is 17.3 Å². The number of amides is 2. The van der Waals surface area contributed by atoms with Crippen molar-refractivity contribution in [3.8, 4) is 5.75 Å². The molecule has 41 heavy (non-hydrogen) atoms. The van der Waals surface area contributed by atoms with Gasteiger partial charge in [0, 0.05) is 36.6 Å². The number of rotatable bonds is 8. The Morgan fingerprint density at radius 3 is 2.71 bits per heavy atom. The van der Waals surface area contributed by atoms with Crippen LogP contribution in [0.15, 0.2) is 47.5 Å². The standard InChI is InChI=1S/C31H39N5O4S/c1-31(2,3)40-30(38)34-17-25(23-13-14-32-26-11-10-22(39-4)15-24(23)26)19-5-7-20(8-6-19)33-16-21-9-12-27-29(35-21)36-28(37)18-41-27/h9-15,19-20,25,33H,5-8,16-18H2,1-4H3,(H,34,38)(H,35,36,37)/t19?,20?,25-/m0/s1. The van der Waals surface area contributed by atoms with Gasteiger partial charge in [-0.15, -0.1) is 11.8 Å². The van der Waals surface area contributed by atoms with E-state index in [0.717, 1.165) is 52.9 Å². The Labute approximate surface area is 245 Å². The molecule has 1 aliphatic carbocycles. The summed E-state index contributed by atoms with van der Waals surface area (Å²) in [6.45, 7) is 6.75. The van der Waals surface area contributed by atoms with Crippen molar-refractivity contribution < 1.29 is 19.1 Å². The number of thioether (sulfide) groups is 1. The number of benzene rings is 1. The van der Waals surface area contributed by atoms with Crippen LogP contribution in [0.3, 0.4) is 0 Å². The first kappa shape index (κ1) is 29.1. The summed E-state index contributed by atoms with van der Waals surface area (Å²) in [4.78, 5) is 34.6. The fourth-order valence-electron chi connectivity index (χ4n) is 5.71. The summed E-state index contributed by atoms with van der Waals surface area (Å²) >= 11 is 1.52. The minimum Gasteiger partial charge on any atom is -0.497 e. The quantitative estimate of drug-likeness (QED) is 0.315. The van der Waals surface area contributed by atoms with Gasteiger partial charge in [-0.3, -0.25) is 9.78 Å². The molecule has 5 rings (SSSR count). The first-order valence-corrected chi connectivity index (χ1v) is 15.2. The van der Waals surface area contributed by atoms with Gasteiger partial charge in [-0.25, -0.2) is 9.78 Å². The Kier molecular flexibility index (Phi) is 8.99. The number of nitrogens with zero attached hydrogens (tertiary/aromatic N) is 2. The molecular formula is C31H39N5O4S. The highest BCUT2D eigenvalue weighted by Crippen LogP contribution is 2.39. The van der Waals surface area contributed by atoms with Crippen LogP contribution < -0.4 is 20.7 Å². The van der Waals surface area contributed by atoms with Gasteiger partial charge in [0.05, 0.1) is 29.0 Å². The summed E-state index contributed by atoms with van der Waals surface area (Å²) < 4.78 is 11.1. The molecule has 218 valence electrons. The van der Waals surface area contributed by atoms with Crippen molar-refractivity contribution in [2.24, 2.45) is 5.92 Å².